The number of likely N-dealkylation sites (N-methyl/N-ethyl adjacent to an activating group) is 1. The van der Waals surface area contributed by atoms with Crippen LogP contribution < -0.4 is 10.2 Å². The maximum Gasteiger partial charge on any atom is 0.101 e. The summed E-state index contributed by atoms with van der Waals surface area (Å²) in [5, 5.41) is 13.0. The van der Waals surface area contributed by atoms with Gasteiger partial charge in [0.05, 0.1) is 11.3 Å². The summed E-state index contributed by atoms with van der Waals surface area (Å²) in [7, 11) is 0. The van der Waals surface area contributed by atoms with Crippen LogP contribution in [0.5, 0.6) is 0 Å². The van der Waals surface area contributed by atoms with Crippen LogP contribution >= 0.6 is 0 Å². The van der Waals surface area contributed by atoms with Crippen LogP contribution in [-0.2, 0) is 6.54 Å². The van der Waals surface area contributed by atoms with Gasteiger partial charge in [-0.25, -0.2) is 0 Å². The third-order valence-corrected chi connectivity index (χ3v) is 4.51. The van der Waals surface area contributed by atoms with E-state index in [1.165, 1.54) is 18.4 Å². The average molecular weight is 284 g/mol. The second-order valence-electron chi connectivity index (χ2n) is 6.04. The van der Waals surface area contributed by atoms with Gasteiger partial charge in [0.1, 0.15) is 6.07 Å². The first-order valence-electron chi connectivity index (χ1n) is 8.04. The molecule has 1 aliphatic heterocycles. The largest absolute Gasteiger partial charge is 0.368 e. The van der Waals surface area contributed by atoms with Crippen LogP contribution in [0.4, 0.5) is 5.69 Å². The molecule has 1 saturated carbocycles. The van der Waals surface area contributed by atoms with E-state index in [0.717, 1.165) is 50.5 Å². The minimum Gasteiger partial charge on any atom is -0.368 e. The van der Waals surface area contributed by atoms with E-state index in [9.17, 15) is 5.26 Å². The molecular weight excluding hydrogens is 260 g/mol. The summed E-state index contributed by atoms with van der Waals surface area (Å²) in [6, 6.07) is 9.43. The summed E-state index contributed by atoms with van der Waals surface area (Å²) in [5.74, 6) is 0. The third-order valence-electron chi connectivity index (χ3n) is 4.51. The average Bonchev–Trinajstić information content (AvgIpc) is 3.37. The Balaban J connectivity index is 1.68. The van der Waals surface area contributed by atoms with Crippen LogP contribution in [0.25, 0.3) is 0 Å². The molecule has 21 heavy (non-hydrogen) atoms. The molecule has 1 heterocycles. The van der Waals surface area contributed by atoms with E-state index in [2.05, 4.69) is 46.3 Å². The van der Waals surface area contributed by atoms with Crippen molar-refractivity contribution in [2.24, 2.45) is 0 Å². The summed E-state index contributed by atoms with van der Waals surface area (Å²) < 4.78 is 0. The highest BCUT2D eigenvalue weighted by Crippen LogP contribution is 2.24. The maximum atomic E-state index is 9.45. The van der Waals surface area contributed by atoms with Gasteiger partial charge in [-0.15, -0.1) is 0 Å². The standard InChI is InChI=1S/C17H24N4/c1-2-20-7-9-21(10-8-20)17-6-3-14(11-15(17)12-18)13-19-16-4-5-16/h3,6,11,16,19H,2,4-5,7-10,13H2,1H3. The lowest BCUT2D eigenvalue weighted by atomic mass is 10.1. The van der Waals surface area contributed by atoms with Crippen molar-refractivity contribution in [3.8, 4) is 6.07 Å². The van der Waals surface area contributed by atoms with Gasteiger partial charge in [-0.2, -0.15) is 5.26 Å². The number of piperazine rings is 1. The summed E-state index contributed by atoms with van der Waals surface area (Å²) in [6.07, 6.45) is 2.59. The first kappa shape index (κ1) is 14.4. The van der Waals surface area contributed by atoms with E-state index >= 15 is 0 Å². The molecule has 1 saturated heterocycles. The topological polar surface area (TPSA) is 42.3 Å². The summed E-state index contributed by atoms with van der Waals surface area (Å²) in [6.45, 7) is 8.41. The molecule has 0 aromatic heterocycles. The van der Waals surface area contributed by atoms with Crippen LogP contribution in [0.15, 0.2) is 18.2 Å². The molecule has 0 bridgehead atoms. The molecular formula is C17H24N4. The SMILES string of the molecule is CCN1CCN(c2ccc(CNC3CC3)cc2C#N)CC1. The number of nitriles is 1. The second-order valence-corrected chi connectivity index (χ2v) is 6.04. The van der Waals surface area contributed by atoms with Gasteiger partial charge in [-0.1, -0.05) is 13.0 Å². The highest BCUT2D eigenvalue weighted by atomic mass is 15.3. The molecule has 0 unspecified atom stereocenters. The molecule has 4 heteroatoms. The van der Waals surface area contributed by atoms with Gasteiger partial charge in [0.2, 0.25) is 0 Å². The van der Waals surface area contributed by atoms with Crippen molar-refractivity contribution >= 4 is 5.69 Å². The van der Waals surface area contributed by atoms with Crippen LogP contribution in [0, 0.1) is 11.3 Å². The Labute approximate surface area is 127 Å². The Bertz CT molecular complexity index is 522. The number of hydrogen-bond acceptors (Lipinski definition) is 4. The fourth-order valence-electron chi connectivity index (χ4n) is 2.91. The zero-order valence-corrected chi connectivity index (χ0v) is 12.8. The van der Waals surface area contributed by atoms with Crippen LogP contribution in [0.3, 0.4) is 0 Å². The normalized spacial score (nSPS) is 19.5. The van der Waals surface area contributed by atoms with Gasteiger partial charge >= 0.3 is 0 Å². The van der Waals surface area contributed by atoms with E-state index in [4.69, 9.17) is 0 Å². The molecule has 0 amide bonds. The molecule has 0 atom stereocenters. The van der Waals surface area contributed by atoms with Crippen molar-refractivity contribution in [1.82, 2.24) is 10.2 Å². The summed E-state index contributed by atoms with van der Waals surface area (Å²) in [4.78, 5) is 4.80. The van der Waals surface area contributed by atoms with E-state index < -0.39 is 0 Å². The lowest BCUT2D eigenvalue weighted by Gasteiger charge is -2.36. The molecule has 1 N–H and O–H groups in total. The third kappa shape index (κ3) is 3.55. The van der Waals surface area contributed by atoms with Crippen LogP contribution in [0.1, 0.15) is 30.9 Å². The maximum absolute atomic E-state index is 9.45. The van der Waals surface area contributed by atoms with Crippen molar-refractivity contribution in [3.63, 3.8) is 0 Å². The van der Waals surface area contributed by atoms with Crippen LogP contribution in [0.2, 0.25) is 0 Å². The van der Waals surface area contributed by atoms with Gasteiger partial charge in [-0.05, 0) is 37.1 Å². The molecule has 0 radical (unpaired) electrons. The highest BCUT2D eigenvalue weighted by molar-refractivity contribution is 5.60. The molecule has 1 aliphatic carbocycles. The number of nitrogens with zero attached hydrogens (tertiary/aromatic N) is 3. The van der Waals surface area contributed by atoms with Gasteiger partial charge < -0.3 is 15.1 Å². The Morgan fingerprint density at radius 1 is 1.24 bits per heavy atom. The number of rotatable bonds is 5. The Morgan fingerprint density at radius 2 is 2.00 bits per heavy atom. The van der Waals surface area contributed by atoms with E-state index in [1.54, 1.807) is 0 Å². The number of benzene rings is 1. The Hall–Kier alpha value is -1.57. The lowest BCUT2D eigenvalue weighted by Crippen LogP contribution is -2.46. The summed E-state index contributed by atoms with van der Waals surface area (Å²) in [5.41, 5.74) is 3.13. The molecule has 3 rings (SSSR count). The van der Waals surface area contributed by atoms with E-state index in [0.29, 0.717) is 6.04 Å². The van der Waals surface area contributed by atoms with Gasteiger partial charge in [-0.3, -0.25) is 0 Å². The predicted octanol–water partition coefficient (Wildman–Crippen LogP) is 1.95. The minimum absolute atomic E-state index is 0.706. The smallest absolute Gasteiger partial charge is 0.101 e. The van der Waals surface area contributed by atoms with Crippen molar-refractivity contribution in [1.29, 1.82) is 5.26 Å². The highest BCUT2D eigenvalue weighted by Gasteiger charge is 2.21. The molecule has 2 fully saturated rings. The first-order valence-corrected chi connectivity index (χ1v) is 8.04. The first-order chi connectivity index (χ1) is 10.3. The van der Waals surface area contributed by atoms with Crippen molar-refractivity contribution in [2.45, 2.75) is 32.4 Å². The molecule has 4 nitrogen and oxygen atoms in total. The Morgan fingerprint density at radius 3 is 2.62 bits per heavy atom. The number of nitrogens with one attached hydrogen (secondary N) is 1. The van der Waals surface area contributed by atoms with E-state index in [1.807, 2.05) is 0 Å². The second kappa shape index (κ2) is 6.46. The van der Waals surface area contributed by atoms with E-state index in [-0.39, 0.29) is 0 Å². The quantitative estimate of drug-likeness (QED) is 0.897. The Kier molecular flexibility index (Phi) is 4.42. The summed E-state index contributed by atoms with van der Waals surface area (Å²) >= 11 is 0. The molecule has 0 spiro atoms. The van der Waals surface area contributed by atoms with Gasteiger partial charge in [0, 0.05) is 38.8 Å². The van der Waals surface area contributed by atoms with Crippen molar-refractivity contribution < 1.29 is 0 Å². The molecule has 112 valence electrons. The monoisotopic (exact) mass is 284 g/mol. The van der Waals surface area contributed by atoms with Crippen molar-refractivity contribution in [2.75, 3.05) is 37.6 Å². The van der Waals surface area contributed by atoms with Crippen molar-refractivity contribution in [3.05, 3.63) is 29.3 Å². The minimum atomic E-state index is 0.706. The molecule has 1 aromatic rings. The fourth-order valence-corrected chi connectivity index (χ4v) is 2.91. The van der Waals surface area contributed by atoms with Crippen LogP contribution in [-0.4, -0.2) is 43.7 Å². The lowest BCUT2D eigenvalue weighted by molar-refractivity contribution is 0.271. The predicted molar refractivity (Wildman–Crippen MR) is 85.3 cm³/mol. The number of anilines is 1. The zero-order valence-electron chi connectivity index (χ0n) is 12.8. The van der Waals surface area contributed by atoms with Gasteiger partial charge in [0.25, 0.3) is 0 Å². The molecule has 1 aromatic carbocycles. The van der Waals surface area contributed by atoms with Gasteiger partial charge in [0.15, 0.2) is 0 Å². The number of hydrogen-bond donors (Lipinski definition) is 1. The zero-order chi connectivity index (χ0) is 14.7. The fraction of sp³-hybridized carbons (Fsp3) is 0.588. The molecule has 2 aliphatic rings.